The lowest BCUT2D eigenvalue weighted by Crippen LogP contribution is -2.73. The fourth-order valence-corrected chi connectivity index (χ4v) is 4.45. The van der Waals surface area contributed by atoms with E-state index in [1.807, 2.05) is 17.0 Å². The minimum absolute atomic E-state index is 0.198. The summed E-state index contributed by atoms with van der Waals surface area (Å²) < 4.78 is 5.48. The maximum absolute atomic E-state index is 12.6. The number of hydrogen-bond donors (Lipinski definition) is 1. The number of carbonyl (C=O) groups is 1. The monoisotopic (exact) mass is 316 g/mol. The Hall–Kier alpha value is -1.66. The van der Waals surface area contributed by atoms with Gasteiger partial charge in [0.05, 0.1) is 6.17 Å². The lowest BCUT2D eigenvalue weighted by atomic mass is 9.73. The molecule has 1 amide bonds. The number of nitrogens with one attached hydrogen (secondary N) is 1. The van der Waals surface area contributed by atoms with Gasteiger partial charge in [0.15, 0.2) is 0 Å². The van der Waals surface area contributed by atoms with Crippen LogP contribution in [0.3, 0.4) is 0 Å². The van der Waals surface area contributed by atoms with Gasteiger partial charge < -0.3 is 10.1 Å². The molecular formula is C17H24N4O2. The quantitative estimate of drug-likeness (QED) is 0.900. The third-order valence-corrected chi connectivity index (χ3v) is 5.49. The van der Waals surface area contributed by atoms with Crippen molar-refractivity contribution >= 4 is 6.09 Å². The van der Waals surface area contributed by atoms with Crippen molar-refractivity contribution < 1.29 is 9.53 Å². The second-order valence-electron chi connectivity index (χ2n) is 6.89. The van der Waals surface area contributed by atoms with E-state index in [-0.39, 0.29) is 12.3 Å². The van der Waals surface area contributed by atoms with Crippen LogP contribution in [0, 0.1) is 5.41 Å². The summed E-state index contributed by atoms with van der Waals surface area (Å²) in [7, 11) is 0. The molecule has 1 atom stereocenters. The maximum atomic E-state index is 12.6. The van der Waals surface area contributed by atoms with Crippen LogP contribution in [0.2, 0.25) is 0 Å². The first kappa shape index (κ1) is 14.9. The molecule has 3 fully saturated rings. The van der Waals surface area contributed by atoms with Crippen molar-refractivity contribution in [1.29, 1.82) is 0 Å². The topological polar surface area (TPSA) is 57.7 Å². The molecule has 1 aromatic rings. The average molecular weight is 316 g/mol. The van der Waals surface area contributed by atoms with Gasteiger partial charge in [0.2, 0.25) is 5.88 Å². The van der Waals surface area contributed by atoms with Crippen molar-refractivity contribution in [2.75, 3.05) is 32.7 Å². The molecule has 0 radical (unpaired) electrons. The Bertz CT molecular complexity index is 553. The fourth-order valence-electron chi connectivity index (χ4n) is 4.45. The highest BCUT2D eigenvalue weighted by Gasteiger charge is 2.58. The zero-order valence-corrected chi connectivity index (χ0v) is 13.4. The Morgan fingerprint density at radius 2 is 2.04 bits per heavy atom. The van der Waals surface area contributed by atoms with Crippen LogP contribution in [0.25, 0.3) is 0 Å². The zero-order chi connectivity index (χ0) is 15.7. The maximum Gasteiger partial charge on any atom is 0.417 e. The highest BCUT2D eigenvalue weighted by Crippen LogP contribution is 2.51. The summed E-state index contributed by atoms with van der Waals surface area (Å²) >= 11 is 0. The molecule has 1 aliphatic carbocycles. The molecule has 3 heterocycles. The van der Waals surface area contributed by atoms with Crippen molar-refractivity contribution in [2.45, 2.75) is 31.8 Å². The number of hydrogen-bond acceptors (Lipinski definition) is 5. The van der Waals surface area contributed by atoms with Crippen LogP contribution >= 0.6 is 0 Å². The first-order valence-electron chi connectivity index (χ1n) is 8.63. The highest BCUT2D eigenvalue weighted by atomic mass is 16.6. The van der Waals surface area contributed by atoms with Crippen molar-refractivity contribution in [2.24, 2.45) is 5.41 Å². The van der Waals surface area contributed by atoms with Crippen molar-refractivity contribution in [1.82, 2.24) is 20.1 Å². The van der Waals surface area contributed by atoms with Gasteiger partial charge in [-0.15, -0.1) is 0 Å². The molecular weight excluding hydrogens is 292 g/mol. The van der Waals surface area contributed by atoms with Gasteiger partial charge in [0, 0.05) is 50.4 Å². The summed E-state index contributed by atoms with van der Waals surface area (Å²) in [6.45, 7) is 4.82. The molecule has 2 aliphatic heterocycles. The zero-order valence-electron chi connectivity index (χ0n) is 13.4. The van der Waals surface area contributed by atoms with Gasteiger partial charge in [-0.3, -0.25) is 9.80 Å². The van der Waals surface area contributed by atoms with Crippen LogP contribution < -0.4 is 10.1 Å². The number of likely N-dealkylation sites (tertiary alicyclic amines) is 1. The minimum Gasteiger partial charge on any atom is -0.391 e. The SMILES string of the molecule is O=C(Oc1ccccn1)N1CC2(CCCC2)C1N1CCNCC1. The van der Waals surface area contributed by atoms with Crippen LogP contribution in [0.1, 0.15) is 25.7 Å². The molecule has 2 saturated heterocycles. The molecule has 1 unspecified atom stereocenters. The van der Waals surface area contributed by atoms with E-state index in [4.69, 9.17) is 4.74 Å². The van der Waals surface area contributed by atoms with Crippen LogP contribution in [0.4, 0.5) is 4.79 Å². The number of rotatable bonds is 2. The molecule has 1 N–H and O–H groups in total. The van der Waals surface area contributed by atoms with E-state index >= 15 is 0 Å². The van der Waals surface area contributed by atoms with E-state index in [9.17, 15) is 4.79 Å². The standard InChI is InChI=1S/C17H24N4O2/c22-16(23-14-5-1-4-8-19-14)21-13-17(6-2-3-7-17)15(21)20-11-9-18-10-12-20/h1,4-5,8,15,18H,2-3,6-7,9-13H2. The lowest BCUT2D eigenvalue weighted by Gasteiger charge is -2.59. The second kappa shape index (κ2) is 6.09. The molecule has 124 valence electrons. The minimum atomic E-state index is -0.259. The van der Waals surface area contributed by atoms with Gasteiger partial charge in [0.25, 0.3) is 0 Å². The first-order valence-corrected chi connectivity index (χ1v) is 8.63. The first-order chi connectivity index (χ1) is 11.3. The number of pyridine rings is 1. The van der Waals surface area contributed by atoms with Crippen LogP contribution in [0.15, 0.2) is 24.4 Å². The van der Waals surface area contributed by atoms with E-state index in [2.05, 4.69) is 15.2 Å². The fraction of sp³-hybridized carbons (Fsp3) is 0.647. The smallest absolute Gasteiger partial charge is 0.391 e. The Kier molecular flexibility index (Phi) is 3.95. The predicted octanol–water partition coefficient (Wildman–Crippen LogP) is 1.69. The summed E-state index contributed by atoms with van der Waals surface area (Å²) in [5, 5.41) is 3.39. The molecule has 1 saturated carbocycles. The number of ether oxygens (including phenoxy) is 1. The molecule has 1 aromatic heterocycles. The summed E-state index contributed by atoms with van der Waals surface area (Å²) in [4.78, 5) is 21.1. The van der Waals surface area contributed by atoms with Gasteiger partial charge in [-0.1, -0.05) is 18.9 Å². The second-order valence-corrected chi connectivity index (χ2v) is 6.89. The predicted molar refractivity (Wildman–Crippen MR) is 86.1 cm³/mol. The summed E-state index contributed by atoms with van der Waals surface area (Å²) in [6.07, 6.45) is 6.61. The molecule has 0 bridgehead atoms. The van der Waals surface area contributed by atoms with E-state index < -0.39 is 0 Å². The summed E-state index contributed by atoms with van der Waals surface area (Å²) in [6, 6.07) is 5.37. The number of aromatic nitrogens is 1. The molecule has 3 aliphatic rings. The van der Waals surface area contributed by atoms with E-state index in [1.54, 1.807) is 12.3 Å². The summed E-state index contributed by atoms with van der Waals surface area (Å²) in [5.74, 6) is 0.379. The average Bonchev–Trinajstić information content (AvgIpc) is 3.06. The van der Waals surface area contributed by atoms with E-state index in [0.717, 1.165) is 32.7 Å². The molecule has 1 spiro atoms. The number of amides is 1. The highest BCUT2D eigenvalue weighted by molar-refractivity contribution is 5.72. The molecule has 0 aromatic carbocycles. The molecule has 6 heteroatoms. The van der Waals surface area contributed by atoms with E-state index in [1.165, 1.54) is 25.7 Å². The Labute approximate surface area is 136 Å². The van der Waals surface area contributed by atoms with Crippen molar-refractivity contribution in [3.8, 4) is 5.88 Å². The third kappa shape index (κ3) is 2.70. The number of nitrogens with zero attached hydrogens (tertiary/aromatic N) is 3. The van der Waals surface area contributed by atoms with Crippen molar-refractivity contribution in [3.63, 3.8) is 0 Å². The van der Waals surface area contributed by atoms with Crippen LogP contribution in [0.5, 0.6) is 5.88 Å². The normalized spacial score (nSPS) is 27.0. The molecule has 4 rings (SSSR count). The van der Waals surface area contributed by atoms with Crippen molar-refractivity contribution in [3.05, 3.63) is 24.4 Å². The Morgan fingerprint density at radius 1 is 1.26 bits per heavy atom. The van der Waals surface area contributed by atoms with Gasteiger partial charge in [-0.2, -0.15) is 0 Å². The van der Waals surface area contributed by atoms with Gasteiger partial charge in [-0.05, 0) is 18.9 Å². The molecule has 23 heavy (non-hydrogen) atoms. The van der Waals surface area contributed by atoms with Gasteiger partial charge in [-0.25, -0.2) is 9.78 Å². The third-order valence-electron chi connectivity index (χ3n) is 5.49. The van der Waals surface area contributed by atoms with Crippen LogP contribution in [-0.4, -0.2) is 59.8 Å². The lowest BCUT2D eigenvalue weighted by molar-refractivity contribution is -0.136. The van der Waals surface area contributed by atoms with Gasteiger partial charge >= 0.3 is 6.09 Å². The Morgan fingerprint density at radius 3 is 2.74 bits per heavy atom. The number of piperazine rings is 1. The summed E-state index contributed by atoms with van der Waals surface area (Å²) in [5.41, 5.74) is 0.292. The number of carbonyl (C=O) groups excluding carboxylic acids is 1. The Balaban J connectivity index is 1.49. The molecule has 6 nitrogen and oxygen atoms in total. The van der Waals surface area contributed by atoms with E-state index in [0.29, 0.717) is 11.3 Å². The largest absolute Gasteiger partial charge is 0.417 e. The van der Waals surface area contributed by atoms with Crippen LogP contribution in [-0.2, 0) is 0 Å². The van der Waals surface area contributed by atoms with Gasteiger partial charge in [0.1, 0.15) is 0 Å².